The maximum Gasteiger partial charge on any atom is 0.169 e. The lowest BCUT2D eigenvalue weighted by Gasteiger charge is -2.12. The van der Waals surface area contributed by atoms with Gasteiger partial charge in [-0.1, -0.05) is 17.7 Å². The highest BCUT2D eigenvalue weighted by Gasteiger charge is 2.18. The molecule has 0 bridgehead atoms. The lowest BCUT2D eigenvalue weighted by Crippen LogP contribution is -1.95. The summed E-state index contributed by atoms with van der Waals surface area (Å²) in [6, 6.07) is 7.60. The van der Waals surface area contributed by atoms with Crippen molar-refractivity contribution < 1.29 is 4.42 Å². The van der Waals surface area contributed by atoms with Gasteiger partial charge in [0.05, 0.1) is 0 Å². The molecule has 90 valence electrons. The van der Waals surface area contributed by atoms with E-state index in [9.17, 15) is 0 Å². The molecule has 17 heavy (non-hydrogen) atoms. The first kappa shape index (κ1) is 13.0. The van der Waals surface area contributed by atoms with Crippen molar-refractivity contribution >= 4 is 39.1 Å². The molecule has 0 aliphatic rings. The predicted octanol–water partition coefficient (Wildman–Crippen LogP) is 5.64. The molecule has 1 heterocycles. The van der Waals surface area contributed by atoms with E-state index in [0.29, 0.717) is 15.5 Å². The van der Waals surface area contributed by atoms with Crippen LogP contribution < -0.4 is 0 Å². The Bertz CT molecular complexity index is 548. The van der Waals surface area contributed by atoms with Gasteiger partial charge >= 0.3 is 0 Å². The molecule has 0 saturated heterocycles. The summed E-state index contributed by atoms with van der Waals surface area (Å²) in [6.07, 6.45) is 0. The molecular formula is C13H11BrCl2O. The van der Waals surface area contributed by atoms with E-state index in [1.807, 2.05) is 38.1 Å². The minimum Gasteiger partial charge on any atom is -0.452 e. The minimum atomic E-state index is -0.368. The highest BCUT2D eigenvalue weighted by molar-refractivity contribution is 9.10. The summed E-state index contributed by atoms with van der Waals surface area (Å²) >= 11 is 15.9. The van der Waals surface area contributed by atoms with Gasteiger partial charge in [-0.2, -0.15) is 0 Å². The maximum atomic E-state index is 6.38. The minimum absolute atomic E-state index is 0.368. The molecule has 0 fully saturated rings. The lowest BCUT2D eigenvalue weighted by molar-refractivity contribution is 0.494. The highest BCUT2D eigenvalue weighted by atomic mass is 79.9. The van der Waals surface area contributed by atoms with E-state index in [2.05, 4.69) is 15.9 Å². The fourth-order valence-corrected chi connectivity index (χ4v) is 2.62. The van der Waals surface area contributed by atoms with Crippen LogP contribution in [0.1, 0.15) is 27.8 Å². The van der Waals surface area contributed by atoms with Gasteiger partial charge in [-0.25, -0.2) is 0 Å². The number of furan rings is 1. The van der Waals surface area contributed by atoms with Gasteiger partial charge in [0.15, 0.2) is 4.67 Å². The average molecular weight is 334 g/mol. The van der Waals surface area contributed by atoms with E-state index >= 15 is 0 Å². The van der Waals surface area contributed by atoms with Crippen molar-refractivity contribution in [1.29, 1.82) is 0 Å². The third kappa shape index (κ3) is 2.70. The van der Waals surface area contributed by atoms with Crippen LogP contribution in [0.5, 0.6) is 0 Å². The van der Waals surface area contributed by atoms with Crippen LogP contribution in [0.15, 0.2) is 33.4 Å². The second kappa shape index (κ2) is 5.05. The van der Waals surface area contributed by atoms with E-state index in [-0.39, 0.29) is 5.38 Å². The molecular weight excluding hydrogens is 323 g/mol. The van der Waals surface area contributed by atoms with E-state index in [1.165, 1.54) is 5.56 Å². The zero-order valence-corrected chi connectivity index (χ0v) is 12.5. The Morgan fingerprint density at radius 3 is 2.41 bits per heavy atom. The number of alkyl halides is 1. The molecule has 0 aliphatic heterocycles. The monoisotopic (exact) mass is 332 g/mol. The van der Waals surface area contributed by atoms with Crippen LogP contribution in [-0.4, -0.2) is 0 Å². The van der Waals surface area contributed by atoms with Crippen LogP contribution in [0.25, 0.3) is 0 Å². The fourth-order valence-electron chi connectivity index (χ4n) is 1.62. The Morgan fingerprint density at radius 2 is 1.82 bits per heavy atom. The van der Waals surface area contributed by atoms with Crippen molar-refractivity contribution in [2.75, 3.05) is 0 Å². The second-order valence-corrected chi connectivity index (χ2v) is 5.59. The second-order valence-electron chi connectivity index (χ2n) is 3.96. The quantitative estimate of drug-likeness (QED) is 0.648. The molecule has 0 spiro atoms. The average Bonchev–Trinajstić information content (AvgIpc) is 2.69. The van der Waals surface area contributed by atoms with Crippen LogP contribution in [0.3, 0.4) is 0 Å². The smallest absolute Gasteiger partial charge is 0.169 e. The summed E-state index contributed by atoms with van der Waals surface area (Å²) < 4.78 is 6.12. The highest BCUT2D eigenvalue weighted by Crippen LogP contribution is 2.36. The molecule has 0 aliphatic carbocycles. The molecule has 2 rings (SSSR count). The molecule has 1 aromatic carbocycles. The van der Waals surface area contributed by atoms with Gasteiger partial charge in [0.25, 0.3) is 0 Å². The first-order chi connectivity index (χ1) is 7.99. The molecule has 1 atom stereocenters. The number of aryl methyl sites for hydroxylation is 2. The first-order valence-electron chi connectivity index (χ1n) is 5.15. The number of halogens is 3. The van der Waals surface area contributed by atoms with E-state index < -0.39 is 0 Å². The summed E-state index contributed by atoms with van der Waals surface area (Å²) in [5.74, 6) is 0.684. The van der Waals surface area contributed by atoms with Crippen LogP contribution in [0.4, 0.5) is 0 Å². The van der Waals surface area contributed by atoms with Crippen molar-refractivity contribution in [3.8, 4) is 0 Å². The van der Waals surface area contributed by atoms with Gasteiger partial charge in [-0.3, -0.25) is 0 Å². The summed E-state index contributed by atoms with van der Waals surface area (Å²) in [5.41, 5.74) is 3.20. The molecule has 1 nitrogen and oxygen atoms in total. The Hall–Kier alpha value is -0.440. The molecule has 0 radical (unpaired) electrons. The van der Waals surface area contributed by atoms with E-state index in [4.69, 9.17) is 27.6 Å². The van der Waals surface area contributed by atoms with Gasteiger partial charge in [0, 0.05) is 5.02 Å². The molecule has 0 amide bonds. The topological polar surface area (TPSA) is 13.1 Å². The Labute approximate surface area is 119 Å². The lowest BCUT2D eigenvalue weighted by atomic mass is 10.0. The number of hydrogen-bond donors (Lipinski definition) is 0. The SMILES string of the molecule is Cc1cc(Cl)c(C(Cl)c2ccc(Br)o2)cc1C. The van der Waals surface area contributed by atoms with E-state index in [0.717, 1.165) is 11.1 Å². The molecule has 1 aromatic heterocycles. The van der Waals surface area contributed by atoms with Crippen molar-refractivity contribution in [3.05, 3.63) is 56.4 Å². The van der Waals surface area contributed by atoms with E-state index in [1.54, 1.807) is 0 Å². The molecule has 0 N–H and O–H groups in total. The van der Waals surface area contributed by atoms with Gasteiger partial charge in [0.2, 0.25) is 0 Å². The zero-order valence-electron chi connectivity index (χ0n) is 9.43. The number of rotatable bonds is 2. The summed E-state index contributed by atoms with van der Waals surface area (Å²) in [7, 11) is 0. The van der Waals surface area contributed by atoms with Crippen molar-refractivity contribution in [3.63, 3.8) is 0 Å². The number of hydrogen-bond acceptors (Lipinski definition) is 1. The normalized spacial score (nSPS) is 12.8. The third-order valence-corrected chi connectivity index (χ3v) is 3.93. The summed E-state index contributed by atoms with van der Waals surface area (Å²) in [5, 5.41) is 0.300. The van der Waals surface area contributed by atoms with Gasteiger partial charge < -0.3 is 4.42 Å². The predicted molar refractivity (Wildman–Crippen MR) is 75.0 cm³/mol. The van der Waals surface area contributed by atoms with Crippen LogP contribution in [0, 0.1) is 13.8 Å². The Morgan fingerprint density at radius 1 is 1.18 bits per heavy atom. The zero-order chi connectivity index (χ0) is 12.6. The van der Waals surface area contributed by atoms with Crippen molar-refractivity contribution in [2.24, 2.45) is 0 Å². The van der Waals surface area contributed by atoms with Gasteiger partial charge in [-0.15, -0.1) is 11.6 Å². The fraction of sp³-hybridized carbons (Fsp3) is 0.231. The van der Waals surface area contributed by atoms with Gasteiger partial charge in [-0.05, 0) is 64.7 Å². The Balaban J connectivity index is 2.43. The standard InChI is InChI=1S/C13H11BrCl2O/c1-7-5-9(10(15)6-8(7)2)13(16)11-3-4-12(14)17-11/h3-6,13H,1-2H3. The van der Waals surface area contributed by atoms with Crippen molar-refractivity contribution in [2.45, 2.75) is 19.2 Å². The Kier molecular flexibility index (Phi) is 3.86. The number of benzene rings is 1. The molecule has 0 saturated carbocycles. The third-order valence-electron chi connectivity index (χ3n) is 2.73. The molecule has 4 heteroatoms. The summed E-state index contributed by atoms with van der Waals surface area (Å²) in [4.78, 5) is 0. The van der Waals surface area contributed by atoms with Crippen LogP contribution in [0.2, 0.25) is 5.02 Å². The summed E-state index contributed by atoms with van der Waals surface area (Å²) in [6.45, 7) is 4.06. The first-order valence-corrected chi connectivity index (χ1v) is 6.75. The van der Waals surface area contributed by atoms with Crippen LogP contribution in [-0.2, 0) is 0 Å². The largest absolute Gasteiger partial charge is 0.452 e. The molecule has 2 aromatic rings. The van der Waals surface area contributed by atoms with Gasteiger partial charge in [0.1, 0.15) is 11.1 Å². The maximum absolute atomic E-state index is 6.38. The molecule has 1 unspecified atom stereocenters. The van der Waals surface area contributed by atoms with Crippen LogP contribution >= 0.6 is 39.1 Å². The van der Waals surface area contributed by atoms with Crippen molar-refractivity contribution in [1.82, 2.24) is 0 Å².